The number of nitrogens with two attached hydrogens (primary N) is 1. The van der Waals surface area contributed by atoms with Crippen molar-refractivity contribution in [2.75, 3.05) is 43.1 Å². The van der Waals surface area contributed by atoms with Gasteiger partial charge in [-0.2, -0.15) is 5.10 Å². The number of halogens is 1. The molecule has 2 aliphatic heterocycles. The average Bonchev–Trinajstić information content (AvgIpc) is 3.48. The minimum atomic E-state index is -0.696. The van der Waals surface area contributed by atoms with E-state index in [1.54, 1.807) is 6.20 Å². The summed E-state index contributed by atoms with van der Waals surface area (Å²) in [6, 6.07) is 13.9. The number of aromatic nitrogens is 2. The molecule has 0 bridgehead atoms. The number of amides is 1. The van der Waals surface area contributed by atoms with E-state index < -0.39 is 11.3 Å². The number of carbonyl (C=O) groups is 2. The van der Waals surface area contributed by atoms with Crippen LogP contribution in [0.4, 0.5) is 11.4 Å². The molecule has 3 aromatic rings. The van der Waals surface area contributed by atoms with E-state index in [-0.39, 0.29) is 18.4 Å². The number of primary amides is 1. The number of methoxy groups -OCH3 is 1. The zero-order valence-corrected chi connectivity index (χ0v) is 21.9. The molecule has 8 nitrogen and oxygen atoms in total. The molecule has 3 heterocycles. The molecule has 0 unspecified atom stereocenters. The van der Waals surface area contributed by atoms with Gasteiger partial charge in [0.15, 0.2) is 0 Å². The van der Waals surface area contributed by atoms with Gasteiger partial charge in [-0.3, -0.25) is 14.7 Å². The summed E-state index contributed by atoms with van der Waals surface area (Å²) in [6.45, 7) is 3.35. The first kappa shape index (κ1) is 26.5. The number of rotatable bonds is 6. The molecular formula is C28H34ClN5O3. The number of hydrogen-bond donors (Lipinski definition) is 2. The first-order valence-electron chi connectivity index (χ1n) is 12.6. The molecule has 5 rings (SSSR count). The number of piperidine rings is 2. The first-order valence-corrected chi connectivity index (χ1v) is 12.6. The van der Waals surface area contributed by atoms with E-state index in [9.17, 15) is 9.59 Å². The molecular weight excluding hydrogens is 490 g/mol. The molecule has 9 heteroatoms. The van der Waals surface area contributed by atoms with E-state index in [2.05, 4.69) is 20.0 Å². The number of H-pyrrole nitrogens is 1. The molecule has 0 radical (unpaired) electrons. The fourth-order valence-electron chi connectivity index (χ4n) is 5.66. The third-order valence-electron chi connectivity index (χ3n) is 7.76. The summed E-state index contributed by atoms with van der Waals surface area (Å²) in [4.78, 5) is 29.8. The minimum absolute atomic E-state index is 0. The number of nitrogens with one attached hydrogen (secondary N) is 1. The van der Waals surface area contributed by atoms with Crippen molar-refractivity contribution < 1.29 is 14.3 Å². The predicted octanol–water partition coefficient (Wildman–Crippen LogP) is 4.30. The van der Waals surface area contributed by atoms with Gasteiger partial charge in [-0.25, -0.2) is 0 Å². The van der Waals surface area contributed by atoms with Gasteiger partial charge in [0.1, 0.15) is 0 Å². The Morgan fingerprint density at radius 2 is 1.59 bits per heavy atom. The van der Waals surface area contributed by atoms with Gasteiger partial charge in [0, 0.05) is 43.5 Å². The Bertz CT molecular complexity index is 1220. The lowest BCUT2D eigenvalue weighted by Crippen LogP contribution is -2.48. The van der Waals surface area contributed by atoms with Crippen LogP contribution in [0.15, 0.2) is 54.9 Å². The van der Waals surface area contributed by atoms with Gasteiger partial charge >= 0.3 is 5.97 Å². The van der Waals surface area contributed by atoms with Gasteiger partial charge in [0.2, 0.25) is 5.91 Å². The quantitative estimate of drug-likeness (QED) is 0.467. The second-order valence-corrected chi connectivity index (χ2v) is 9.74. The SMILES string of the molecule is COC(=O)C1(c2ccc(-c3cn[nH]c3)cc2)CCN(c2ccc(C(N)=O)cc2N2CCCCC2)CC1.Cl. The highest BCUT2D eigenvalue weighted by Crippen LogP contribution is 2.41. The third-order valence-corrected chi connectivity index (χ3v) is 7.76. The Balaban J connectivity index is 0.00000320. The summed E-state index contributed by atoms with van der Waals surface area (Å²) in [5, 5.41) is 6.87. The van der Waals surface area contributed by atoms with Gasteiger partial charge in [0.05, 0.1) is 30.1 Å². The number of ether oxygens (including phenoxy) is 1. The van der Waals surface area contributed by atoms with Crippen molar-refractivity contribution in [2.45, 2.75) is 37.5 Å². The maximum absolute atomic E-state index is 13.2. The van der Waals surface area contributed by atoms with Crippen LogP contribution in [0.5, 0.6) is 0 Å². The van der Waals surface area contributed by atoms with E-state index in [0.29, 0.717) is 31.5 Å². The molecule has 1 aromatic heterocycles. The number of esters is 1. The number of aromatic amines is 1. The largest absolute Gasteiger partial charge is 0.468 e. The number of benzene rings is 2. The summed E-state index contributed by atoms with van der Waals surface area (Å²) in [5.41, 5.74) is 10.6. The topological polar surface area (TPSA) is 105 Å². The standard InChI is InChI=1S/C28H33N5O3.ClH/c1-36-27(35)28(23-8-5-20(6-9-23)22-18-30-31-19-22)11-15-33(16-12-28)24-10-7-21(26(29)34)17-25(24)32-13-3-2-4-14-32;/h5-10,17-19H,2-4,11-16H2,1H3,(H2,29,34)(H,30,31);1H. The van der Waals surface area contributed by atoms with Crippen LogP contribution in [0.2, 0.25) is 0 Å². The fraction of sp³-hybridized carbons (Fsp3) is 0.393. The number of hydrogen-bond acceptors (Lipinski definition) is 6. The summed E-state index contributed by atoms with van der Waals surface area (Å²) in [7, 11) is 1.47. The number of nitrogens with zero attached hydrogens (tertiary/aromatic N) is 3. The predicted molar refractivity (Wildman–Crippen MR) is 147 cm³/mol. The molecule has 1 amide bonds. The lowest BCUT2D eigenvalue weighted by Gasteiger charge is -2.42. The van der Waals surface area contributed by atoms with Crippen LogP contribution in [-0.2, 0) is 14.9 Å². The fourth-order valence-corrected chi connectivity index (χ4v) is 5.66. The zero-order chi connectivity index (χ0) is 25.1. The van der Waals surface area contributed by atoms with Crippen molar-refractivity contribution in [3.63, 3.8) is 0 Å². The van der Waals surface area contributed by atoms with E-state index in [1.807, 2.05) is 48.7 Å². The zero-order valence-electron chi connectivity index (χ0n) is 21.1. The molecule has 0 atom stereocenters. The lowest BCUT2D eigenvalue weighted by atomic mass is 9.72. The normalized spacial score (nSPS) is 17.1. The number of anilines is 2. The molecule has 2 aliphatic rings. The molecule has 0 saturated carbocycles. The van der Waals surface area contributed by atoms with E-state index >= 15 is 0 Å². The summed E-state index contributed by atoms with van der Waals surface area (Å²) in [5.74, 6) is -0.611. The molecule has 0 aliphatic carbocycles. The second kappa shape index (κ2) is 11.3. The van der Waals surface area contributed by atoms with Gasteiger partial charge < -0.3 is 20.3 Å². The van der Waals surface area contributed by atoms with Crippen molar-refractivity contribution in [1.29, 1.82) is 0 Å². The minimum Gasteiger partial charge on any atom is -0.468 e. The second-order valence-electron chi connectivity index (χ2n) is 9.74. The molecule has 2 fully saturated rings. The molecule has 2 saturated heterocycles. The highest BCUT2D eigenvalue weighted by Gasteiger charge is 2.44. The Morgan fingerprint density at radius 1 is 0.919 bits per heavy atom. The molecule has 37 heavy (non-hydrogen) atoms. The highest BCUT2D eigenvalue weighted by molar-refractivity contribution is 5.95. The summed E-state index contributed by atoms with van der Waals surface area (Å²) in [6.07, 6.45) is 8.43. The molecule has 2 aromatic carbocycles. The van der Waals surface area contributed by atoms with Crippen molar-refractivity contribution in [3.8, 4) is 11.1 Å². The maximum atomic E-state index is 13.2. The molecule has 0 spiro atoms. The summed E-state index contributed by atoms with van der Waals surface area (Å²) < 4.78 is 5.32. The van der Waals surface area contributed by atoms with Crippen LogP contribution >= 0.6 is 12.4 Å². The summed E-state index contributed by atoms with van der Waals surface area (Å²) >= 11 is 0. The van der Waals surface area contributed by atoms with Gasteiger partial charge in [0.25, 0.3) is 0 Å². The first-order chi connectivity index (χ1) is 17.5. The van der Waals surface area contributed by atoms with E-state index in [4.69, 9.17) is 10.5 Å². The maximum Gasteiger partial charge on any atom is 0.316 e. The van der Waals surface area contributed by atoms with Crippen molar-refractivity contribution in [1.82, 2.24) is 10.2 Å². The van der Waals surface area contributed by atoms with Crippen molar-refractivity contribution in [2.24, 2.45) is 5.73 Å². The Hall–Kier alpha value is -3.52. The van der Waals surface area contributed by atoms with Gasteiger partial charge in [-0.15, -0.1) is 12.4 Å². The van der Waals surface area contributed by atoms with Gasteiger partial charge in [-0.1, -0.05) is 24.3 Å². The Labute approximate surface area is 223 Å². The van der Waals surface area contributed by atoms with Crippen molar-refractivity contribution >= 4 is 35.7 Å². The monoisotopic (exact) mass is 523 g/mol. The molecule has 196 valence electrons. The van der Waals surface area contributed by atoms with Crippen LogP contribution in [-0.4, -0.2) is 55.4 Å². The third kappa shape index (κ3) is 5.16. The van der Waals surface area contributed by atoms with E-state index in [1.165, 1.54) is 13.5 Å². The molecule has 3 N–H and O–H groups in total. The van der Waals surface area contributed by atoms with Crippen LogP contribution in [0.3, 0.4) is 0 Å². The van der Waals surface area contributed by atoms with Crippen LogP contribution in [0.25, 0.3) is 11.1 Å². The Kier molecular flexibility index (Phi) is 8.07. The van der Waals surface area contributed by atoms with Crippen LogP contribution in [0, 0.1) is 0 Å². The van der Waals surface area contributed by atoms with E-state index in [0.717, 1.165) is 54.0 Å². The Morgan fingerprint density at radius 3 is 2.19 bits per heavy atom. The average molecular weight is 524 g/mol. The smallest absolute Gasteiger partial charge is 0.316 e. The van der Waals surface area contributed by atoms with Crippen LogP contribution in [0.1, 0.15) is 48.0 Å². The number of carbonyl (C=O) groups excluding carboxylic acids is 2. The van der Waals surface area contributed by atoms with Crippen LogP contribution < -0.4 is 15.5 Å². The van der Waals surface area contributed by atoms with Gasteiger partial charge in [-0.05, 0) is 61.4 Å². The lowest BCUT2D eigenvalue weighted by molar-refractivity contribution is -0.148. The highest BCUT2D eigenvalue weighted by atomic mass is 35.5. The van der Waals surface area contributed by atoms with Crippen molar-refractivity contribution in [3.05, 3.63) is 66.0 Å².